The quantitative estimate of drug-likeness (QED) is 0.329. The topological polar surface area (TPSA) is 109 Å². The number of amides is 3. The molecule has 0 heterocycles. The van der Waals surface area contributed by atoms with Crippen LogP contribution < -0.4 is 21.3 Å². The molecule has 0 spiro atoms. The maximum Gasteiger partial charge on any atom is 0.251 e. The van der Waals surface area contributed by atoms with Crippen LogP contribution >= 0.6 is 0 Å². The zero-order valence-electron chi connectivity index (χ0n) is 19.0. The third-order valence-corrected chi connectivity index (χ3v) is 4.87. The van der Waals surface area contributed by atoms with Gasteiger partial charge in [0.2, 0.25) is 5.91 Å². The first-order chi connectivity index (χ1) is 16.5. The van der Waals surface area contributed by atoms with Crippen molar-refractivity contribution in [3.05, 3.63) is 95.6 Å². The van der Waals surface area contributed by atoms with Crippen LogP contribution in [-0.4, -0.2) is 44.5 Å². The minimum Gasteiger partial charge on any atom is -0.383 e. The van der Waals surface area contributed by atoms with E-state index in [2.05, 4.69) is 21.3 Å². The van der Waals surface area contributed by atoms with Crippen LogP contribution in [-0.2, 0) is 16.1 Å². The lowest BCUT2D eigenvalue weighted by molar-refractivity contribution is -0.114. The number of carbonyl (C=O) groups is 3. The summed E-state index contributed by atoms with van der Waals surface area (Å²) in [5.74, 6) is -0.720. The van der Waals surface area contributed by atoms with Gasteiger partial charge in [0.15, 0.2) is 0 Å². The Balaban J connectivity index is 1.50. The fourth-order valence-corrected chi connectivity index (χ4v) is 3.15. The molecule has 8 heteroatoms. The predicted molar refractivity (Wildman–Crippen MR) is 132 cm³/mol. The normalized spacial score (nSPS) is 10.3. The predicted octanol–water partition coefficient (Wildman–Crippen LogP) is 3.04. The molecule has 3 aromatic rings. The van der Waals surface area contributed by atoms with Gasteiger partial charge in [-0.2, -0.15) is 0 Å². The second-order valence-electron chi connectivity index (χ2n) is 7.48. The van der Waals surface area contributed by atoms with Gasteiger partial charge in [-0.1, -0.05) is 42.5 Å². The summed E-state index contributed by atoms with van der Waals surface area (Å²) in [6.07, 6.45) is 0. The summed E-state index contributed by atoms with van der Waals surface area (Å²) in [4.78, 5) is 37.0. The molecule has 0 aliphatic heterocycles. The van der Waals surface area contributed by atoms with Gasteiger partial charge in [0.25, 0.3) is 11.8 Å². The summed E-state index contributed by atoms with van der Waals surface area (Å²) in [7, 11) is 1.56. The van der Waals surface area contributed by atoms with Crippen molar-refractivity contribution in [2.24, 2.45) is 0 Å². The maximum absolute atomic E-state index is 12.5. The van der Waals surface area contributed by atoms with Gasteiger partial charge in [0.1, 0.15) is 0 Å². The number of hydrogen-bond donors (Lipinski definition) is 4. The average Bonchev–Trinajstić information content (AvgIpc) is 2.87. The Morgan fingerprint density at radius 3 is 2.12 bits per heavy atom. The van der Waals surface area contributed by atoms with Gasteiger partial charge < -0.3 is 26.0 Å². The highest BCUT2D eigenvalue weighted by atomic mass is 16.5. The third-order valence-electron chi connectivity index (χ3n) is 4.87. The molecule has 0 saturated carbocycles. The largest absolute Gasteiger partial charge is 0.383 e. The molecule has 34 heavy (non-hydrogen) atoms. The van der Waals surface area contributed by atoms with E-state index in [-0.39, 0.29) is 24.3 Å². The van der Waals surface area contributed by atoms with E-state index >= 15 is 0 Å². The molecule has 0 radical (unpaired) electrons. The number of methoxy groups -OCH3 is 1. The van der Waals surface area contributed by atoms with Crippen LogP contribution in [0.5, 0.6) is 0 Å². The lowest BCUT2D eigenvalue weighted by Crippen LogP contribution is -2.27. The van der Waals surface area contributed by atoms with Gasteiger partial charge in [-0.15, -0.1) is 0 Å². The highest BCUT2D eigenvalue weighted by Gasteiger charge is 2.09. The molecule has 0 atom stereocenters. The first kappa shape index (κ1) is 24.5. The van der Waals surface area contributed by atoms with Crippen molar-refractivity contribution in [3.63, 3.8) is 0 Å². The van der Waals surface area contributed by atoms with Crippen LogP contribution in [0.4, 0.5) is 11.4 Å². The van der Waals surface area contributed by atoms with Crippen LogP contribution in [0.2, 0.25) is 0 Å². The molecule has 176 valence electrons. The Labute approximate surface area is 198 Å². The zero-order chi connectivity index (χ0) is 24.2. The van der Waals surface area contributed by atoms with Gasteiger partial charge >= 0.3 is 0 Å². The van der Waals surface area contributed by atoms with Crippen molar-refractivity contribution < 1.29 is 19.1 Å². The van der Waals surface area contributed by atoms with Crippen LogP contribution in [0, 0.1) is 0 Å². The van der Waals surface area contributed by atoms with E-state index in [0.29, 0.717) is 42.2 Å². The molecule has 0 unspecified atom stereocenters. The van der Waals surface area contributed by atoms with Gasteiger partial charge in [0, 0.05) is 42.7 Å². The Morgan fingerprint density at radius 2 is 1.41 bits per heavy atom. The van der Waals surface area contributed by atoms with Gasteiger partial charge in [-0.05, 0) is 42.0 Å². The Hall–Kier alpha value is -4.17. The minimum absolute atomic E-state index is 0.000644. The first-order valence-corrected chi connectivity index (χ1v) is 10.9. The zero-order valence-corrected chi connectivity index (χ0v) is 19.0. The van der Waals surface area contributed by atoms with Crippen LogP contribution in [0.3, 0.4) is 0 Å². The molecule has 0 aromatic heterocycles. The van der Waals surface area contributed by atoms with Gasteiger partial charge in [-0.25, -0.2) is 0 Å². The summed E-state index contributed by atoms with van der Waals surface area (Å²) in [5, 5.41) is 11.4. The summed E-state index contributed by atoms with van der Waals surface area (Å²) in [6, 6.07) is 23.3. The third kappa shape index (κ3) is 7.75. The maximum atomic E-state index is 12.5. The summed E-state index contributed by atoms with van der Waals surface area (Å²) >= 11 is 0. The van der Waals surface area contributed by atoms with E-state index < -0.39 is 0 Å². The number of ether oxygens (including phenoxy) is 1. The molecule has 0 aliphatic rings. The number of rotatable bonds is 11. The van der Waals surface area contributed by atoms with E-state index in [0.717, 1.165) is 5.56 Å². The molecule has 0 aliphatic carbocycles. The Kier molecular flexibility index (Phi) is 9.19. The smallest absolute Gasteiger partial charge is 0.251 e. The fourth-order valence-electron chi connectivity index (χ4n) is 3.15. The Morgan fingerprint density at radius 1 is 0.765 bits per heavy atom. The fraction of sp³-hybridized carbons (Fsp3) is 0.192. The van der Waals surface area contributed by atoms with Gasteiger partial charge in [0.05, 0.1) is 13.2 Å². The van der Waals surface area contributed by atoms with Crippen molar-refractivity contribution in [1.82, 2.24) is 10.6 Å². The van der Waals surface area contributed by atoms with Crippen LogP contribution in [0.1, 0.15) is 26.3 Å². The Bertz CT molecular complexity index is 1120. The SMILES string of the molecule is COCCNC(=O)c1cccc(NC(=O)CNc2cccc(C(=O)NCc3ccccc3)c2)c1. The lowest BCUT2D eigenvalue weighted by Gasteiger charge is -2.11. The van der Waals surface area contributed by atoms with Crippen molar-refractivity contribution in [2.75, 3.05) is 37.4 Å². The number of benzene rings is 3. The lowest BCUT2D eigenvalue weighted by atomic mass is 10.1. The van der Waals surface area contributed by atoms with E-state index in [1.165, 1.54) is 0 Å². The second-order valence-corrected chi connectivity index (χ2v) is 7.48. The first-order valence-electron chi connectivity index (χ1n) is 10.9. The van der Waals surface area contributed by atoms with E-state index in [4.69, 9.17) is 4.74 Å². The van der Waals surface area contributed by atoms with E-state index in [9.17, 15) is 14.4 Å². The van der Waals surface area contributed by atoms with Crippen molar-refractivity contribution in [3.8, 4) is 0 Å². The molecular formula is C26H28N4O4. The van der Waals surface area contributed by atoms with Gasteiger partial charge in [-0.3, -0.25) is 14.4 Å². The summed E-state index contributed by atoms with van der Waals surface area (Å²) in [6.45, 7) is 1.26. The van der Waals surface area contributed by atoms with Crippen LogP contribution in [0.15, 0.2) is 78.9 Å². The van der Waals surface area contributed by atoms with Crippen LogP contribution in [0.25, 0.3) is 0 Å². The summed E-state index contributed by atoms with van der Waals surface area (Å²) < 4.78 is 4.92. The van der Waals surface area contributed by atoms with Crippen molar-refractivity contribution in [2.45, 2.75) is 6.54 Å². The number of carbonyl (C=O) groups excluding carboxylic acids is 3. The van der Waals surface area contributed by atoms with Crippen molar-refractivity contribution >= 4 is 29.1 Å². The second kappa shape index (κ2) is 12.8. The molecule has 0 saturated heterocycles. The van der Waals surface area contributed by atoms with E-state index in [1.807, 2.05) is 30.3 Å². The van der Waals surface area contributed by atoms with Crippen molar-refractivity contribution in [1.29, 1.82) is 0 Å². The molecule has 3 rings (SSSR count). The monoisotopic (exact) mass is 460 g/mol. The molecule has 4 N–H and O–H groups in total. The standard InChI is InChI=1S/C26H28N4O4/c1-34-14-13-27-25(32)21-10-6-12-23(16-21)30-24(31)18-28-22-11-5-9-20(15-22)26(33)29-17-19-7-3-2-4-8-19/h2-12,15-16,28H,13-14,17-18H2,1H3,(H,27,32)(H,29,33)(H,30,31). The molecule has 0 bridgehead atoms. The highest BCUT2D eigenvalue weighted by molar-refractivity contribution is 5.98. The molecular weight excluding hydrogens is 432 g/mol. The molecule has 0 fully saturated rings. The highest BCUT2D eigenvalue weighted by Crippen LogP contribution is 2.13. The number of nitrogens with one attached hydrogen (secondary N) is 4. The molecule has 8 nitrogen and oxygen atoms in total. The molecule has 3 aromatic carbocycles. The summed E-state index contributed by atoms with van der Waals surface area (Å²) in [5.41, 5.74) is 3.11. The molecule has 3 amide bonds. The number of anilines is 2. The average molecular weight is 461 g/mol. The van der Waals surface area contributed by atoms with E-state index in [1.54, 1.807) is 55.6 Å². The number of hydrogen-bond acceptors (Lipinski definition) is 5. The minimum atomic E-state index is -0.282.